The Bertz CT molecular complexity index is 842. The van der Waals surface area contributed by atoms with E-state index in [4.69, 9.17) is 0 Å². The topological polar surface area (TPSA) is 103 Å². The number of phenols is 1. The molecule has 3 N–H and O–H groups in total. The number of amides is 2. The van der Waals surface area contributed by atoms with Crippen molar-refractivity contribution in [1.82, 2.24) is 10.9 Å². The molecule has 0 saturated carbocycles. The van der Waals surface area contributed by atoms with Crippen LogP contribution in [0.3, 0.4) is 0 Å². The third-order valence-corrected chi connectivity index (χ3v) is 3.40. The molecule has 1 aliphatic heterocycles. The van der Waals surface area contributed by atoms with Crippen molar-refractivity contribution in [3.8, 4) is 5.75 Å². The Morgan fingerprint density at radius 2 is 2.17 bits per heavy atom. The number of aromatic hydroxyl groups is 1. The van der Waals surface area contributed by atoms with Gasteiger partial charge >= 0.3 is 0 Å². The molecule has 1 heterocycles. The van der Waals surface area contributed by atoms with Gasteiger partial charge in [-0.1, -0.05) is 30.3 Å². The number of nitrogens with one attached hydrogen (secondary N) is 2. The minimum absolute atomic E-state index is 0.00238. The zero-order valence-electron chi connectivity index (χ0n) is 12.1. The van der Waals surface area contributed by atoms with Crippen molar-refractivity contribution in [1.29, 1.82) is 0 Å². The summed E-state index contributed by atoms with van der Waals surface area (Å²) in [5, 5.41) is 19.4. The second-order valence-electron chi connectivity index (χ2n) is 5.08. The lowest BCUT2D eigenvalue weighted by Crippen LogP contribution is -2.20. The SMILES string of the molecule is O=C(CC1=NNC(=O)C1)NN=Cc1c(O)ccc2ccccc12. The van der Waals surface area contributed by atoms with E-state index in [2.05, 4.69) is 21.1 Å². The summed E-state index contributed by atoms with van der Waals surface area (Å²) in [6.07, 6.45) is 1.52. The summed E-state index contributed by atoms with van der Waals surface area (Å²) in [6.45, 7) is 0. The van der Waals surface area contributed by atoms with Crippen LogP contribution < -0.4 is 10.9 Å². The van der Waals surface area contributed by atoms with E-state index in [1.165, 1.54) is 6.21 Å². The first-order chi connectivity index (χ1) is 11.1. The van der Waals surface area contributed by atoms with Gasteiger partial charge in [0.2, 0.25) is 11.8 Å². The lowest BCUT2D eigenvalue weighted by molar-refractivity contribution is -0.119. The molecule has 7 heteroatoms. The third kappa shape index (κ3) is 3.34. The number of carbonyl (C=O) groups excluding carboxylic acids is 2. The van der Waals surface area contributed by atoms with Crippen molar-refractivity contribution >= 4 is 34.5 Å². The van der Waals surface area contributed by atoms with Gasteiger partial charge < -0.3 is 5.11 Å². The Labute approximate surface area is 131 Å². The van der Waals surface area contributed by atoms with E-state index in [0.717, 1.165) is 10.8 Å². The second kappa shape index (κ2) is 6.27. The fourth-order valence-electron chi connectivity index (χ4n) is 2.32. The number of hydrogen-bond acceptors (Lipinski definition) is 5. The van der Waals surface area contributed by atoms with Gasteiger partial charge in [-0.15, -0.1) is 0 Å². The monoisotopic (exact) mass is 310 g/mol. The highest BCUT2D eigenvalue weighted by molar-refractivity contribution is 6.11. The molecule has 3 rings (SSSR count). The smallest absolute Gasteiger partial charge is 0.245 e. The number of nitrogens with zero attached hydrogens (tertiary/aromatic N) is 2. The Kier molecular flexibility index (Phi) is 4.01. The maximum atomic E-state index is 11.7. The van der Waals surface area contributed by atoms with E-state index < -0.39 is 0 Å². The fraction of sp³-hybridized carbons (Fsp3) is 0.125. The predicted octanol–water partition coefficient (Wildman–Crippen LogP) is 1.26. The normalized spacial score (nSPS) is 14.1. The van der Waals surface area contributed by atoms with Crippen LogP contribution in [-0.4, -0.2) is 28.8 Å². The number of phenolic OH excluding ortho intramolecular Hbond substituents is 1. The summed E-state index contributed by atoms with van der Waals surface area (Å²) in [5.74, 6) is -0.523. The highest BCUT2D eigenvalue weighted by atomic mass is 16.3. The largest absolute Gasteiger partial charge is 0.507 e. The molecule has 0 aromatic heterocycles. The molecular weight excluding hydrogens is 296 g/mol. The molecular formula is C16H14N4O3. The van der Waals surface area contributed by atoms with Gasteiger partial charge in [0.1, 0.15) is 5.75 Å². The molecule has 7 nitrogen and oxygen atoms in total. The summed E-state index contributed by atoms with van der Waals surface area (Å²) in [4.78, 5) is 22.7. The van der Waals surface area contributed by atoms with Gasteiger partial charge in [-0.2, -0.15) is 10.2 Å². The summed E-state index contributed by atoms with van der Waals surface area (Å²) < 4.78 is 0. The van der Waals surface area contributed by atoms with E-state index in [9.17, 15) is 14.7 Å². The van der Waals surface area contributed by atoms with Crippen LogP contribution in [0.15, 0.2) is 46.6 Å². The summed E-state index contributed by atoms with van der Waals surface area (Å²) in [5.41, 5.74) is 5.64. The van der Waals surface area contributed by atoms with Crippen LogP contribution >= 0.6 is 0 Å². The number of benzene rings is 2. The van der Waals surface area contributed by atoms with Crippen molar-refractivity contribution in [2.45, 2.75) is 12.8 Å². The fourth-order valence-corrected chi connectivity index (χ4v) is 2.32. The lowest BCUT2D eigenvalue weighted by Gasteiger charge is -2.04. The number of hydrazone groups is 2. The van der Waals surface area contributed by atoms with Gasteiger partial charge in [0.05, 0.1) is 24.8 Å². The molecule has 2 amide bonds. The van der Waals surface area contributed by atoms with E-state index in [1.807, 2.05) is 30.3 Å². The van der Waals surface area contributed by atoms with Crippen molar-refractivity contribution in [3.05, 3.63) is 42.0 Å². The van der Waals surface area contributed by atoms with Crippen molar-refractivity contribution in [3.63, 3.8) is 0 Å². The summed E-state index contributed by atoms with van der Waals surface area (Å²) in [7, 11) is 0. The lowest BCUT2D eigenvalue weighted by atomic mass is 10.0. The Balaban J connectivity index is 1.70. The van der Waals surface area contributed by atoms with Crippen LogP contribution in [0.5, 0.6) is 5.75 Å². The molecule has 0 fully saturated rings. The Hall–Kier alpha value is -3.22. The molecule has 2 aromatic carbocycles. The Morgan fingerprint density at radius 3 is 2.96 bits per heavy atom. The standard InChI is InChI=1S/C16H14N4O3/c21-14-6-5-10-3-1-2-4-12(10)13(14)9-17-19-15(22)7-11-8-16(23)20-18-11/h1-6,9,21H,7-8H2,(H,19,22)(H,20,23). The quantitative estimate of drug-likeness (QED) is 0.585. The number of rotatable bonds is 4. The molecule has 0 unspecified atom stereocenters. The molecule has 0 aliphatic carbocycles. The molecule has 23 heavy (non-hydrogen) atoms. The van der Waals surface area contributed by atoms with Crippen LogP contribution in [0.25, 0.3) is 10.8 Å². The van der Waals surface area contributed by atoms with E-state index in [0.29, 0.717) is 11.3 Å². The molecule has 0 spiro atoms. The molecule has 0 bridgehead atoms. The minimum atomic E-state index is -0.378. The number of fused-ring (bicyclic) bond motifs is 1. The molecule has 116 valence electrons. The maximum Gasteiger partial charge on any atom is 0.245 e. The van der Waals surface area contributed by atoms with E-state index in [-0.39, 0.29) is 30.4 Å². The average Bonchev–Trinajstić information content (AvgIpc) is 2.94. The first-order valence-corrected chi connectivity index (χ1v) is 7.00. The van der Waals surface area contributed by atoms with Crippen molar-refractivity contribution in [2.24, 2.45) is 10.2 Å². The number of hydrogen-bond donors (Lipinski definition) is 3. The molecule has 0 radical (unpaired) electrons. The van der Waals surface area contributed by atoms with Crippen LogP contribution in [-0.2, 0) is 9.59 Å². The van der Waals surface area contributed by atoms with Gasteiger partial charge in [-0.25, -0.2) is 10.9 Å². The van der Waals surface area contributed by atoms with Crippen LogP contribution in [0.2, 0.25) is 0 Å². The maximum absolute atomic E-state index is 11.7. The van der Waals surface area contributed by atoms with Gasteiger partial charge in [-0.3, -0.25) is 9.59 Å². The molecule has 0 saturated heterocycles. The molecule has 0 atom stereocenters. The average molecular weight is 310 g/mol. The second-order valence-corrected chi connectivity index (χ2v) is 5.08. The molecule has 2 aromatic rings. The van der Waals surface area contributed by atoms with Gasteiger partial charge in [-0.05, 0) is 16.8 Å². The van der Waals surface area contributed by atoms with Crippen molar-refractivity contribution in [2.75, 3.05) is 0 Å². The summed E-state index contributed by atoms with van der Waals surface area (Å²) >= 11 is 0. The first-order valence-electron chi connectivity index (χ1n) is 7.00. The van der Waals surface area contributed by atoms with Gasteiger partial charge in [0.15, 0.2) is 0 Å². The van der Waals surface area contributed by atoms with Crippen LogP contribution in [0, 0.1) is 0 Å². The predicted molar refractivity (Wildman–Crippen MR) is 86.2 cm³/mol. The van der Waals surface area contributed by atoms with Crippen LogP contribution in [0.1, 0.15) is 18.4 Å². The van der Waals surface area contributed by atoms with E-state index >= 15 is 0 Å². The number of carbonyl (C=O) groups is 2. The highest BCUT2D eigenvalue weighted by Gasteiger charge is 2.17. The zero-order valence-corrected chi connectivity index (χ0v) is 12.1. The first kappa shape index (κ1) is 14.7. The van der Waals surface area contributed by atoms with Crippen LogP contribution in [0.4, 0.5) is 0 Å². The zero-order chi connectivity index (χ0) is 16.2. The third-order valence-electron chi connectivity index (χ3n) is 3.40. The van der Waals surface area contributed by atoms with Crippen molar-refractivity contribution < 1.29 is 14.7 Å². The van der Waals surface area contributed by atoms with E-state index in [1.54, 1.807) is 6.07 Å². The van der Waals surface area contributed by atoms with Gasteiger partial charge in [0, 0.05) is 5.56 Å². The summed E-state index contributed by atoms with van der Waals surface area (Å²) in [6, 6.07) is 10.9. The van der Waals surface area contributed by atoms with Gasteiger partial charge in [0.25, 0.3) is 0 Å². The highest BCUT2D eigenvalue weighted by Crippen LogP contribution is 2.25. The minimum Gasteiger partial charge on any atom is -0.507 e. The Morgan fingerprint density at radius 1 is 1.35 bits per heavy atom. The molecule has 1 aliphatic rings.